The molecule has 5 nitrogen and oxygen atoms in total. The quantitative estimate of drug-likeness (QED) is 0.613. The third-order valence-corrected chi connectivity index (χ3v) is 1.97. The normalized spacial score (nSPS) is 12.4. The molecular weight excluding hydrogens is 216 g/mol. The van der Waals surface area contributed by atoms with E-state index in [1.807, 2.05) is 32.9 Å². The van der Waals surface area contributed by atoms with Gasteiger partial charge in [-0.2, -0.15) is 0 Å². The Morgan fingerprint density at radius 3 is 2.82 bits per heavy atom. The van der Waals surface area contributed by atoms with E-state index in [0.29, 0.717) is 18.4 Å². The summed E-state index contributed by atoms with van der Waals surface area (Å²) in [6, 6.07) is 3.76. The summed E-state index contributed by atoms with van der Waals surface area (Å²) in [5, 5.41) is 3.09. The molecule has 1 aromatic heterocycles. The van der Waals surface area contributed by atoms with Crippen molar-refractivity contribution >= 4 is 5.96 Å². The predicted molar refractivity (Wildman–Crippen MR) is 69.0 cm³/mol. The van der Waals surface area contributed by atoms with Gasteiger partial charge in [0.05, 0.1) is 13.7 Å². The van der Waals surface area contributed by atoms with E-state index in [2.05, 4.69) is 15.3 Å². The minimum absolute atomic E-state index is 0.0907. The fraction of sp³-hybridized carbons (Fsp3) is 0.500. The molecule has 0 unspecified atom stereocenters. The van der Waals surface area contributed by atoms with Gasteiger partial charge in [0.25, 0.3) is 0 Å². The summed E-state index contributed by atoms with van der Waals surface area (Å²) in [7, 11) is 1.59. The van der Waals surface area contributed by atoms with Gasteiger partial charge in [-0.15, -0.1) is 0 Å². The molecule has 0 bridgehead atoms. The first kappa shape index (κ1) is 13.3. The fourth-order valence-corrected chi connectivity index (χ4v) is 1.32. The number of nitrogens with zero attached hydrogens (tertiary/aromatic N) is 2. The van der Waals surface area contributed by atoms with E-state index in [0.717, 1.165) is 5.56 Å². The van der Waals surface area contributed by atoms with Gasteiger partial charge in [0.1, 0.15) is 0 Å². The van der Waals surface area contributed by atoms with E-state index < -0.39 is 0 Å². The Kier molecular flexibility index (Phi) is 4.31. The highest BCUT2D eigenvalue weighted by molar-refractivity contribution is 5.78. The Balaban J connectivity index is 2.69. The molecule has 0 fully saturated rings. The maximum atomic E-state index is 5.78. The van der Waals surface area contributed by atoms with Crippen LogP contribution in [0, 0.1) is 0 Å². The van der Waals surface area contributed by atoms with Crippen LogP contribution in [0.25, 0.3) is 0 Å². The number of ether oxygens (including phenoxy) is 1. The molecule has 1 rings (SSSR count). The van der Waals surface area contributed by atoms with Crippen LogP contribution in [0.3, 0.4) is 0 Å². The molecule has 94 valence electrons. The molecule has 17 heavy (non-hydrogen) atoms. The van der Waals surface area contributed by atoms with Crippen LogP contribution in [0.4, 0.5) is 0 Å². The molecular formula is C12H20N4O. The Labute approximate surface area is 102 Å². The highest BCUT2D eigenvalue weighted by Crippen LogP contribution is 2.14. The van der Waals surface area contributed by atoms with Gasteiger partial charge in [-0.05, 0) is 26.8 Å². The van der Waals surface area contributed by atoms with Gasteiger partial charge >= 0.3 is 0 Å². The second-order valence-corrected chi connectivity index (χ2v) is 4.75. The summed E-state index contributed by atoms with van der Waals surface area (Å²) in [5.41, 5.74) is 6.60. The van der Waals surface area contributed by atoms with Crippen LogP contribution in [0.5, 0.6) is 5.88 Å². The first-order valence-corrected chi connectivity index (χ1v) is 5.48. The number of aliphatic imine (C=N–C) groups is 1. The number of hydrogen-bond acceptors (Lipinski definition) is 3. The van der Waals surface area contributed by atoms with Gasteiger partial charge < -0.3 is 15.8 Å². The topological polar surface area (TPSA) is 72.5 Å². The third-order valence-electron chi connectivity index (χ3n) is 1.97. The number of methoxy groups -OCH3 is 1. The highest BCUT2D eigenvalue weighted by Gasteiger charge is 2.10. The van der Waals surface area contributed by atoms with E-state index in [4.69, 9.17) is 10.5 Å². The summed E-state index contributed by atoms with van der Waals surface area (Å²) in [5.74, 6) is 1.00. The molecule has 0 aliphatic heterocycles. The van der Waals surface area contributed by atoms with Crippen molar-refractivity contribution in [1.29, 1.82) is 0 Å². The zero-order valence-electron chi connectivity index (χ0n) is 10.8. The minimum Gasteiger partial charge on any atom is -0.481 e. The molecule has 0 saturated carbocycles. The fourth-order valence-electron chi connectivity index (χ4n) is 1.32. The van der Waals surface area contributed by atoms with Crippen molar-refractivity contribution in [3.05, 3.63) is 23.9 Å². The highest BCUT2D eigenvalue weighted by atomic mass is 16.5. The summed E-state index contributed by atoms with van der Waals surface area (Å²) in [4.78, 5) is 8.35. The molecule has 0 aliphatic carbocycles. The average Bonchev–Trinajstić information content (AvgIpc) is 2.24. The second kappa shape index (κ2) is 5.52. The number of aromatic nitrogens is 1. The van der Waals surface area contributed by atoms with Crippen molar-refractivity contribution in [1.82, 2.24) is 10.3 Å². The van der Waals surface area contributed by atoms with E-state index in [-0.39, 0.29) is 5.54 Å². The van der Waals surface area contributed by atoms with Crippen molar-refractivity contribution < 1.29 is 4.74 Å². The molecule has 5 heteroatoms. The molecule has 3 N–H and O–H groups in total. The standard InChI is InChI=1S/C12H20N4O/c1-12(2,3)16-11(13)15-8-9-6-5-7-14-10(9)17-4/h5-7H,8H2,1-4H3,(H3,13,15,16). The number of hydrogen-bond donors (Lipinski definition) is 2. The summed E-state index contributed by atoms with van der Waals surface area (Å²) in [6.07, 6.45) is 1.68. The number of rotatable bonds is 3. The number of guanidine groups is 1. The van der Waals surface area contributed by atoms with Gasteiger partial charge in [0.15, 0.2) is 5.96 Å². The molecule has 1 aromatic rings. The van der Waals surface area contributed by atoms with Crippen molar-refractivity contribution in [3.8, 4) is 5.88 Å². The van der Waals surface area contributed by atoms with E-state index >= 15 is 0 Å². The van der Waals surface area contributed by atoms with Crippen LogP contribution in [-0.2, 0) is 6.54 Å². The zero-order valence-corrected chi connectivity index (χ0v) is 10.8. The van der Waals surface area contributed by atoms with Gasteiger partial charge in [0, 0.05) is 17.3 Å². The molecule has 1 heterocycles. The maximum Gasteiger partial charge on any atom is 0.218 e. The lowest BCUT2D eigenvalue weighted by Crippen LogP contribution is -2.44. The van der Waals surface area contributed by atoms with Crippen molar-refractivity contribution in [2.45, 2.75) is 32.9 Å². The minimum atomic E-state index is -0.0907. The average molecular weight is 236 g/mol. The molecule has 0 atom stereocenters. The summed E-state index contributed by atoms with van der Waals surface area (Å²) >= 11 is 0. The van der Waals surface area contributed by atoms with Gasteiger partial charge in [0.2, 0.25) is 5.88 Å². The summed E-state index contributed by atoms with van der Waals surface area (Å²) in [6.45, 7) is 6.53. The van der Waals surface area contributed by atoms with Crippen LogP contribution in [0.15, 0.2) is 23.3 Å². The van der Waals surface area contributed by atoms with Gasteiger partial charge in [-0.1, -0.05) is 6.07 Å². The first-order chi connectivity index (χ1) is 7.92. The van der Waals surface area contributed by atoms with Crippen LogP contribution >= 0.6 is 0 Å². The lowest BCUT2D eigenvalue weighted by atomic mass is 10.1. The Morgan fingerprint density at radius 1 is 1.53 bits per heavy atom. The van der Waals surface area contributed by atoms with Crippen LogP contribution in [-0.4, -0.2) is 23.6 Å². The smallest absolute Gasteiger partial charge is 0.218 e. The molecule has 0 saturated heterocycles. The van der Waals surface area contributed by atoms with Gasteiger partial charge in [-0.3, -0.25) is 0 Å². The van der Waals surface area contributed by atoms with Crippen molar-refractivity contribution in [3.63, 3.8) is 0 Å². The molecule has 0 aromatic carbocycles. The van der Waals surface area contributed by atoms with Crippen molar-refractivity contribution in [2.75, 3.05) is 7.11 Å². The van der Waals surface area contributed by atoms with Crippen molar-refractivity contribution in [2.24, 2.45) is 10.7 Å². The van der Waals surface area contributed by atoms with E-state index in [1.54, 1.807) is 13.3 Å². The van der Waals surface area contributed by atoms with Crippen LogP contribution in [0.1, 0.15) is 26.3 Å². The van der Waals surface area contributed by atoms with Gasteiger partial charge in [-0.25, -0.2) is 9.98 Å². The lowest BCUT2D eigenvalue weighted by Gasteiger charge is -2.21. The van der Waals surface area contributed by atoms with E-state index in [1.165, 1.54) is 0 Å². The predicted octanol–water partition coefficient (Wildman–Crippen LogP) is 1.29. The maximum absolute atomic E-state index is 5.78. The molecule has 0 radical (unpaired) electrons. The number of nitrogens with one attached hydrogen (secondary N) is 1. The number of pyridine rings is 1. The lowest BCUT2D eigenvalue weighted by molar-refractivity contribution is 0.392. The molecule has 0 amide bonds. The van der Waals surface area contributed by atoms with E-state index in [9.17, 15) is 0 Å². The number of nitrogens with two attached hydrogens (primary N) is 1. The zero-order chi connectivity index (χ0) is 12.9. The van der Waals surface area contributed by atoms with Crippen LogP contribution in [0.2, 0.25) is 0 Å². The Morgan fingerprint density at radius 2 is 2.24 bits per heavy atom. The van der Waals surface area contributed by atoms with Crippen LogP contribution < -0.4 is 15.8 Å². The Hall–Kier alpha value is -1.78. The Bertz CT molecular complexity index is 396. The molecule has 0 aliphatic rings. The SMILES string of the molecule is COc1ncccc1CN=C(N)NC(C)(C)C. The monoisotopic (exact) mass is 236 g/mol. The summed E-state index contributed by atoms with van der Waals surface area (Å²) < 4.78 is 5.14. The largest absolute Gasteiger partial charge is 0.481 e. The molecule has 0 spiro atoms. The first-order valence-electron chi connectivity index (χ1n) is 5.48. The third kappa shape index (κ3) is 4.72. The second-order valence-electron chi connectivity index (χ2n) is 4.75.